The fourth-order valence-corrected chi connectivity index (χ4v) is 1.81. The van der Waals surface area contributed by atoms with E-state index in [4.69, 9.17) is 34.8 Å². The number of carbonyl (C=O) groups is 1. The molecule has 1 aliphatic rings. The standard InChI is InChI=1S/C9H5Cl3N4O/c10-6-4(2-1-3-13-6)5(17)7-14-8(11)16-9(12)15-7/h1-2,13H,3H2. The van der Waals surface area contributed by atoms with Gasteiger partial charge in [-0.05, 0) is 23.2 Å². The highest BCUT2D eigenvalue weighted by Crippen LogP contribution is 2.17. The number of ketones is 1. The Morgan fingerprint density at radius 2 is 1.82 bits per heavy atom. The number of aromatic nitrogens is 3. The van der Waals surface area contributed by atoms with Gasteiger partial charge in [0.25, 0.3) is 0 Å². The lowest BCUT2D eigenvalue weighted by Gasteiger charge is -2.10. The van der Waals surface area contributed by atoms with Gasteiger partial charge in [-0.15, -0.1) is 0 Å². The van der Waals surface area contributed by atoms with E-state index in [0.29, 0.717) is 6.54 Å². The van der Waals surface area contributed by atoms with Gasteiger partial charge in [0.2, 0.25) is 22.2 Å². The molecule has 5 nitrogen and oxygen atoms in total. The zero-order valence-corrected chi connectivity index (χ0v) is 10.5. The summed E-state index contributed by atoms with van der Waals surface area (Å²) in [6.45, 7) is 0.564. The first-order chi connectivity index (χ1) is 8.08. The normalized spacial score (nSPS) is 14.8. The number of Topliss-reactive ketones (excluding diaryl/α,β-unsaturated/α-hetero) is 1. The Labute approximate surface area is 112 Å². The maximum Gasteiger partial charge on any atom is 0.233 e. The maximum absolute atomic E-state index is 12.0. The van der Waals surface area contributed by atoms with Crippen molar-refractivity contribution in [3.63, 3.8) is 0 Å². The van der Waals surface area contributed by atoms with Gasteiger partial charge in [0.15, 0.2) is 0 Å². The van der Waals surface area contributed by atoms with E-state index >= 15 is 0 Å². The Morgan fingerprint density at radius 3 is 2.41 bits per heavy atom. The number of carbonyl (C=O) groups excluding carboxylic acids is 1. The molecule has 17 heavy (non-hydrogen) atoms. The minimum absolute atomic E-state index is 0.141. The third kappa shape index (κ3) is 2.74. The summed E-state index contributed by atoms with van der Waals surface area (Å²) in [5, 5.41) is 2.77. The van der Waals surface area contributed by atoms with Crippen molar-refractivity contribution >= 4 is 40.6 Å². The van der Waals surface area contributed by atoms with Gasteiger partial charge in [-0.1, -0.05) is 23.8 Å². The van der Waals surface area contributed by atoms with E-state index in [1.54, 1.807) is 12.2 Å². The molecule has 0 bridgehead atoms. The summed E-state index contributed by atoms with van der Waals surface area (Å²) in [5.41, 5.74) is 0.260. The van der Waals surface area contributed by atoms with Crippen LogP contribution in [0.2, 0.25) is 10.6 Å². The molecule has 1 aromatic rings. The van der Waals surface area contributed by atoms with Crippen molar-refractivity contribution in [1.29, 1.82) is 0 Å². The zero-order valence-electron chi connectivity index (χ0n) is 8.25. The highest BCUT2D eigenvalue weighted by atomic mass is 35.5. The molecule has 0 saturated carbocycles. The summed E-state index contributed by atoms with van der Waals surface area (Å²) in [4.78, 5) is 23.0. The smallest absolute Gasteiger partial charge is 0.233 e. The van der Waals surface area contributed by atoms with Crippen molar-refractivity contribution in [3.8, 4) is 0 Å². The zero-order chi connectivity index (χ0) is 12.4. The highest BCUT2D eigenvalue weighted by molar-refractivity contribution is 6.33. The lowest BCUT2D eigenvalue weighted by atomic mass is 10.1. The molecule has 1 aromatic heterocycles. The van der Waals surface area contributed by atoms with E-state index in [9.17, 15) is 4.79 Å². The second-order valence-corrected chi connectivity index (χ2v) is 4.09. The number of halogens is 3. The molecule has 0 amide bonds. The summed E-state index contributed by atoms with van der Waals surface area (Å²) >= 11 is 17.0. The van der Waals surface area contributed by atoms with Crippen LogP contribution in [-0.2, 0) is 0 Å². The van der Waals surface area contributed by atoms with Crippen LogP contribution in [0.4, 0.5) is 0 Å². The van der Waals surface area contributed by atoms with E-state index in [1.165, 1.54) is 0 Å². The van der Waals surface area contributed by atoms with E-state index in [1.807, 2.05) is 0 Å². The fourth-order valence-electron chi connectivity index (χ4n) is 1.22. The van der Waals surface area contributed by atoms with Crippen LogP contribution in [0.5, 0.6) is 0 Å². The van der Waals surface area contributed by atoms with E-state index in [0.717, 1.165) is 0 Å². The number of nitrogens with one attached hydrogen (secondary N) is 1. The van der Waals surface area contributed by atoms with Gasteiger partial charge in [0.05, 0.1) is 5.57 Å². The minimum Gasteiger partial charge on any atom is -0.372 e. The molecule has 0 aliphatic carbocycles. The molecule has 0 fully saturated rings. The molecule has 1 N–H and O–H groups in total. The summed E-state index contributed by atoms with van der Waals surface area (Å²) in [5.74, 6) is -0.610. The van der Waals surface area contributed by atoms with Gasteiger partial charge >= 0.3 is 0 Å². The number of hydrogen-bond acceptors (Lipinski definition) is 5. The molecule has 2 heterocycles. The Hall–Kier alpha value is -1.17. The SMILES string of the molecule is O=C(C1=C(Cl)NCC=C1)c1nc(Cl)nc(Cl)n1. The van der Waals surface area contributed by atoms with Crippen LogP contribution < -0.4 is 5.32 Å². The number of nitrogens with zero attached hydrogens (tertiary/aromatic N) is 3. The van der Waals surface area contributed by atoms with Crippen molar-refractivity contribution in [2.75, 3.05) is 6.54 Å². The summed E-state index contributed by atoms with van der Waals surface area (Å²) < 4.78 is 0. The van der Waals surface area contributed by atoms with Crippen molar-refractivity contribution in [3.05, 3.63) is 39.3 Å². The molecule has 0 aromatic carbocycles. The molecule has 0 spiro atoms. The average molecular weight is 292 g/mol. The second kappa shape index (κ2) is 5.00. The van der Waals surface area contributed by atoms with Gasteiger partial charge in [-0.25, -0.2) is 0 Å². The summed E-state index contributed by atoms with van der Waals surface area (Å²) in [6, 6.07) is 0. The monoisotopic (exact) mass is 290 g/mol. The van der Waals surface area contributed by atoms with Crippen LogP contribution in [0.1, 0.15) is 10.6 Å². The third-order valence-electron chi connectivity index (χ3n) is 1.92. The van der Waals surface area contributed by atoms with Gasteiger partial charge in [-0.2, -0.15) is 15.0 Å². The molecule has 8 heteroatoms. The molecule has 88 valence electrons. The van der Waals surface area contributed by atoms with E-state index < -0.39 is 5.78 Å². The molecule has 0 radical (unpaired) electrons. The maximum atomic E-state index is 12.0. The lowest BCUT2D eigenvalue weighted by molar-refractivity contribution is 0.102. The molecule has 1 aliphatic heterocycles. The Kier molecular flexibility index (Phi) is 3.61. The minimum atomic E-state index is -0.468. The topological polar surface area (TPSA) is 67.8 Å². The first kappa shape index (κ1) is 12.3. The van der Waals surface area contributed by atoms with Gasteiger partial charge in [-0.3, -0.25) is 4.79 Å². The molecule has 0 saturated heterocycles. The number of allylic oxidation sites excluding steroid dienone is 2. The highest BCUT2D eigenvalue weighted by Gasteiger charge is 2.20. The summed E-state index contributed by atoms with van der Waals surface area (Å²) in [6.07, 6.45) is 3.34. The number of dihydropyridines is 1. The average Bonchev–Trinajstić information content (AvgIpc) is 2.27. The van der Waals surface area contributed by atoms with Crippen molar-refractivity contribution in [1.82, 2.24) is 20.3 Å². The van der Waals surface area contributed by atoms with Crippen LogP contribution in [-0.4, -0.2) is 27.3 Å². The van der Waals surface area contributed by atoms with Gasteiger partial charge in [0.1, 0.15) is 5.16 Å². The number of rotatable bonds is 2. The van der Waals surface area contributed by atoms with Crippen molar-refractivity contribution in [2.45, 2.75) is 0 Å². The summed E-state index contributed by atoms with van der Waals surface area (Å²) in [7, 11) is 0. The van der Waals surface area contributed by atoms with Crippen LogP contribution in [0.3, 0.4) is 0 Å². The third-order valence-corrected chi connectivity index (χ3v) is 2.60. The van der Waals surface area contributed by atoms with E-state index in [-0.39, 0.29) is 27.1 Å². The predicted molar refractivity (Wildman–Crippen MR) is 64.2 cm³/mol. The Bertz CT molecular complexity index is 521. The van der Waals surface area contributed by atoms with Crippen LogP contribution in [0.15, 0.2) is 22.9 Å². The Balaban J connectivity index is 2.40. The second-order valence-electron chi connectivity index (χ2n) is 3.04. The van der Waals surface area contributed by atoms with Gasteiger partial charge in [0, 0.05) is 6.54 Å². The van der Waals surface area contributed by atoms with Crippen molar-refractivity contribution < 1.29 is 4.79 Å². The molecule has 2 rings (SSSR count). The quantitative estimate of drug-likeness (QED) is 0.666. The Morgan fingerprint density at radius 1 is 1.18 bits per heavy atom. The largest absolute Gasteiger partial charge is 0.372 e. The van der Waals surface area contributed by atoms with E-state index in [2.05, 4.69) is 20.3 Å². The lowest BCUT2D eigenvalue weighted by Crippen LogP contribution is -2.20. The first-order valence-corrected chi connectivity index (χ1v) is 5.63. The molecule has 0 unspecified atom stereocenters. The van der Waals surface area contributed by atoms with Crippen LogP contribution >= 0.6 is 34.8 Å². The van der Waals surface area contributed by atoms with Crippen LogP contribution in [0, 0.1) is 0 Å². The molecular weight excluding hydrogens is 286 g/mol. The molecular formula is C9H5Cl3N4O. The first-order valence-electron chi connectivity index (χ1n) is 4.50. The van der Waals surface area contributed by atoms with Gasteiger partial charge < -0.3 is 5.32 Å². The fraction of sp³-hybridized carbons (Fsp3) is 0.111. The van der Waals surface area contributed by atoms with Crippen molar-refractivity contribution in [2.24, 2.45) is 0 Å². The van der Waals surface area contributed by atoms with Crippen LogP contribution in [0.25, 0.3) is 0 Å². The number of hydrogen-bond donors (Lipinski definition) is 1. The molecule has 0 atom stereocenters. The predicted octanol–water partition coefficient (Wildman–Crippen LogP) is 1.97.